The molecule has 0 amide bonds. The summed E-state index contributed by atoms with van der Waals surface area (Å²) in [5.74, 6) is -0.726. The van der Waals surface area contributed by atoms with Crippen LogP contribution in [0.5, 0.6) is 11.5 Å². The zero-order chi connectivity index (χ0) is 28.7. The van der Waals surface area contributed by atoms with Crippen LogP contribution in [0.3, 0.4) is 0 Å². The van der Waals surface area contributed by atoms with Crippen LogP contribution >= 0.6 is 0 Å². The molecule has 0 bridgehead atoms. The molecule has 6 heteroatoms. The predicted octanol–water partition coefficient (Wildman–Crippen LogP) is 9.65. The van der Waals surface area contributed by atoms with Gasteiger partial charge in [0.25, 0.3) is 0 Å². The highest BCUT2D eigenvalue weighted by Gasteiger charge is 2.20. The number of unbranched alkanes of at least 4 members (excludes halogenated alkanes) is 14. The Labute approximate surface area is 241 Å². The number of carbonyl (C=O) groups excluding carboxylic acids is 2. The van der Waals surface area contributed by atoms with Crippen molar-refractivity contribution in [2.24, 2.45) is 0 Å². The van der Waals surface area contributed by atoms with Crippen molar-refractivity contribution in [2.45, 2.75) is 117 Å². The van der Waals surface area contributed by atoms with E-state index in [9.17, 15) is 9.59 Å². The Bertz CT molecular complexity index is 879. The maximum absolute atomic E-state index is 12.7. The minimum atomic E-state index is -0.780. The van der Waals surface area contributed by atoms with E-state index in [0.29, 0.717) is 24.7 Å². The molecule has 0 aliphatic rings. The quantitative estimate of drug-likeness (QED) is 0.0819. The van der Waals surface area contributed by atoms with Gasteiger partial charge in [0.2, 0.25) is 0 Å². The fraction of sp³-hybridized carbons (Fsp3) is 0.588. The normalized spacial score (nSPS) is 10.8. The third-order valence-corrected chi connectivity index (χ3v) is 6.92. The van der Waals surface area contributed by atoms with E-state index in [1.165, 1.54) is 77.0 Å². The Morgan fingerprint density at radius 2 is 0.800 bits per heavy atom. The summed E-state index contributed by atoms with van der Waals surface area (Å²) < 4.78 is 11.7. The molecule has 0 saturated heterocycles. The van der Waals surface area contributed by atoms with Gasteiger partial charge in [-0.1, -0.05) is 128 Å². The predicted molar refractivity (Wildman–Crippen MR) is 160 cm³/mol. The fourth-order valence-electron chi connectivity index (χ4n) is 4.52. The van der Waals surface area contributed by atoms with E-state index in [-0.39, 0.29) is 11.1 Å². The lowest BCUT2D eigenvalue weighted by Crippen LogP contribution is -2.14. The Hall–Kier alpha value is -3.02. The second-order valence-corrected chi connectivity index (χ2v) is 10.4. The maximum Gasteiger partial charge on any atom is 0.390 e. The van der Waals surface area contributed by atoms with E-state index in [1.54, 1.807) is 48.5 Å². The zero-order valence-corrected chi connectivity index (χ0v) is 24.8. The molecule has 0 aliphatic carbocycles. The Morgan fingerprint density at radius 3 is 1.18 bits per heavy atom. The molecule has 0 atom stereocenters. The van der Waals surface area contributed by atoms with Crippen LogP contribution in [-0.2, 0) is 9.78 Å². The van der Waals surface area contributed by atoms with Crippen LogP contribution in [-0.4, -0.2) is 25.2 Å². The molecule has 222 valence electrons. The molecule has 6 nitrogen and oxygen atoms in total. The van der Waals surface area contributed by atoms with Crippen LogP contribution in [0.1, 0.15) is 137 Å². The van der Waals surface area contributed by atoms with Gasteiger partial charge in [0.15, 0.2) is 0 Å². The Balaban J connectivity index is 1.73. The van der Waals surface area contributed by atoms with Crippen molar-refractivity contribution in [3.8, 4) is 11.5 Å². The first-order chi connectivity index (χ1) is 19.7. The Kier molecular flexibility index (Phi) is 18.1. The van der Waals surface area contributed by atoms with Crippen LogP contribution in [0, 0.1) is 0 Å². The second kappa shape index (κ2) is 21.8. The summed E-state index contributed by atoms with van der Waals surface area (Å²) in [5, 5.41) is 0. The van der Waals surface area contributed by atoms with Gasteiger partial charge >= 0.3 is 11.9 Å². The molecular formula is C34H50O6. The summed E-state index contributed by atoms with van der Waals surface area (Å²) in [4.78, 5) is 35.2. The molecule has 2 aromatic carbocycles. The first kappa shape index (κ1) is 33.2. The lowest BCUT2D eigenvalue weighted by molar-refractivity contribution is -0.187. The summed E-state index contributed by atoms with van der Waals surface area (Å²) in [6.07, 6.45) is 19.3. The maximum atomic E-state index is 12.7. The van der Waals surface area contributed by atoms with Gasteiger partial charge in [-0.3, -0.25) is 0 Å². The number of carbonyl (C=O) groups is 2. The van der Waals surface area contributed by atoms with Gasteiger partial charge in [-0.15, -0.1) is 0 Å². The number of hydrogen-bond donors (Lipinski definition) is 0. The van der Waals surface area contributed by atoms with Crippen molar-refractivity contribution in [3.63, 3.8) is 0 Å². The summed E-state index contributed by atoms with van der Waals surface area (Å²) in [7, 11) is 0. The van der Waals surface area contributed by atoms with Crippen LogP contribution in [0.15, 0.2) is 48.5 Å². The third-order valence-electron chi connectivity index (χ3n) is 6.92. The van der Waals surface area contributed by atoms with Gasteiger partial charge < -0.3 is 9.47 Å². The third kappa shape index (κ3) is 13.9. The van der Waals surface area contributed by atoms with Crippen molar-refractivity contribution in [3.05, 3.63) is 59.7 Å². The molecule has 0 fully saturated rings. The molecule has 0 unspecified atom stereocenters. The first-order valence-electron chi connectivity index (χ1n) is 15.5. The van der Waals surface area contributed by atoms with Gasteiger partial charge in [-0.2, -0.15) is 0 Å². The topological polar surface area (TPSA) is 71.1 Å². The standard InChI is InChI=1S/C34H50O6/c1-3-5-7-9-11-13-15-21-27-37-31-25-19-17-23-29(31)33(35)39-40-34(36)30-24-18-20-26-32(30)38-28-22-16-14-12-10-8-6-4-2/h17-20,23-26H,3-16,21-22,27-28H2,1-2H3. The highest BCUT2D eigenvalue weighted by Crippen LogP contribution is 2.22. The summed E-state index contributed by atoms with van der Waals surface area (Å²) >= 11 is 0. The largest absolute Gasteiger partial charge is 0.493 e. The van der Waals surface area contributed by atoms with E-state index in [1.807, 2.05) is 0 Å². The lowest BCUT2D eigenvalue weighted by Gasteiger charge is -2.12. The van der Waals surface area contributed by atoms with Gasteiger partial charge in [0, 0.05) is 0 Å². The van der Waals surface area contributed by atoms with Gasteiger partial charge in [-0.05, 0) is 37.1 Å². The average molecular weight is 555 g/mol. The number of para-hydroxylation sites is 2. The van der Waals surface area contributed by atoms with E-state index in [4.69, 9.17) is 19.2 Å². The number of hydrogen-bond acceptors (Lipinski definition) is 6. The molecule has 0 N–H and O–H groups in total. The van der Waals surface area contributed by atoms with Crippen molar-refractivity contribution >= 4 is 11.9 Å². The lowest BCUT2D eigenvalue weighted by atomic mass is 10.1. The molecule has 40 heavy (non-hydrogen) atoms. The fourth-order valence-corrected chi connectivity index (χ4v) is 4.52. The molecule has 0 heterocycles. The SMILES string of the molecule is CCCCCCCCCCOc1ccccc1C(=O)OOC(=O)c1ccccc1OCCCCCCCCCC. The molecule has 0 aromatic heterocycles. The highest BCUT2D eigenvalue weighted by atomic mass is 17.2. The van der Waals surface area contributed by atoms with Crippen LogP contribution in [0.25, 0.3) is 0 Å². The summed E-state index contributed by atoms with van der Waals surface area (Å²) in [5.41, 5.74) is 0.434. The number of ether oxygens (including phenoxy) is 2. The molecule has 0 aliphatic heterocycles. The minimum Gasteiger partial charge on any atom is -0.493 e. The van der Waals surface area contributed by atoms with Crippen LogP contribution in [0.4, 0.5) is 0 Å². The van der Waals surface area contributed by atoms with Crippen LogP contribution < -0.4 is 9.47 Å². The van der Waals surface area contributed by atoms with Gasteiger partial charge in [-0.25, -0.2) is 19.4 Å². The van der Waals surface area contributed by atoms with Crippen molar-refractivity contribution in [1.29, 1.82) is 0 Å². The molecular weight excluding hydrogens is 504 g/mol. The van der Waals surface area contributed by atoms with E-state index >= 15 is 0 Å². The Morgan fingerprint density at radius 1 is 0.475 bits per heavy atom. The molecule has 0 radical (unpaired) electrons. The van der Waals surface area contributed by atoms with E-state index in [2.05, 4.69) is 13.8 Å². The molecule has 2 rings (SSSR count). The molecule has 0 spiro atoms. The van der Waals surface area contributed by atoms with Gasteiger partial charge in [0.1, 0.15) is 22.6 Å². The number of benzene rings is 2. The second-order valence-electron chi connectivity index (χ2n) is 10.4. The van der Waals surface area contributed by atoms with Crippen molar-refractivity contribution in [1.82, 2.24) is 0 Å². The number of rotatable bonds is 22. The summed E-state index contributed by atoms with van der Waals surface area (Å²) in [6.45, 7) is 5.48. The van der Waals surface area contributed by atoms with E-state index < -0.39 is 11.9 Å². The monoisotopic (exact) mass is 554 g/mol. The zero-order valence-electron chi connectivity index (χ0n) is 24.8. The first-order valence-corrected chi connectivity index (χ1v) is 15.5. The van der Waals surface area contributed by atoms with Gasteiger partial charge in [0.05, 0.1) is 13.2 Å². The minimum absolute atomic E-state index is 0.217. The average Bonchev–Trinajstić information content (AvgIpc) is 2.98. The summed E-state index contributed by atoms with van der Waals surface area (Å²) in [6, 6.07) is 13.7. The van der Waals surface area contributed by atoms with Crippen LogP contribution in [0.2, 0.25) is 0 Å². The van der Waals surface area contributed by atoms with Crippen molar-refractivity contribution < 1.29 is 28.8 Å². The molecule has 0 saturated carbocycles. The highest BCUT2D eigenvalue weighted by molar-refractivity contribution is 5.95. The smallest absolute Gasteiger partial charge is 0.390 e. The van der Waals surface area contributed by atoms with E-state index in [0.717, 1.165) is 25.7 Å². The van der Waals surface area contributed by atoms with Crippen molar-refractivity contribution in [2.75, 3.05) is 13.2 Å². The molecule has 2 aromatic rings.